The molecule has 144 valence electrons. The van der Waals surface area contributed by atoms with Crippen LogP contribution in [0.4, 0.5) is 0 Å². The smallest absolute Gasteiger partial charge is 0.330 e. The average molecular weight is 408 g/mol. The molecule has 0 heterocycles. The molecule has 0 aliphatic heterocycles. The van der Waals surface area contributed by atoms with Crippen LogP contribution < -0.4 is 0 Å². The Morgan fingerprint density at radius 1 is 1.00 bits per heavy atom. The minimum absolute atomic E-state index is 0.0360. The highest BCUT2D eigenvalue weighted by Gasteiger charge is 2.20. The van der Waals surface area contributed by atoms with Crippen molar-refractivity contribution >= 4 is 25.7 Å². The molecule has 2 rings (SSSR count). The van der Waals surface area contributed by atoms with E-state index in [0.29, 0.717) is 0 Å². The van der Waals surface area contributed by atoms with Gasteiger partial charge in [-0.3, -0.25) is 0 Å². The number of rotatable bonds is 7. The predicted molar refractivity (Wildman–Crippen MR) is 104 cm³/mol. The van der Waals surface area contributed by atoms with Gasteiger partial charge in [0.05, 0.1) is 27.0 Å². The highest BCUT2D eigenvalue weighted by Crippen LogP contribution is 2.21. The van der Waals surface area contributed by atoms with Gasteiger partial charge < -0.3 is 4.74 Å². The number of aryl methyl sites for hydroxylation is 1. The Hall–Kier alpha value is -2.45. The molecule has 27 heavy (non-hydrogen) atoms. The Morgan fingerprint density at radius 2 is 1.63 bits per heavy atom. The van der Waals surface area contributed by atoms with Crippen LogP contribution in [0, 0.1) is 6.92 Å². The third-order valence-electron chi connectivity index (χ3n) is 3.51. The summed E-state index contributed by atoms with van der Waals surface area (Å²) in [6.45, 7) is 3.71. The molecule has 2 aromatic carbocycles. The number of sulfonamides is 1. The van der Waals surface area contributed by atoms with E-state index in [4.69, 9.17) is 4.74 Å². The fourth-order valence-corrected chi connectivity index (χ4v) is 5.99. The maximum atomic E-state index is 13.4. The SMILES string of the molecule is CCOC(=O)/C=C/CS(=O)(=NS(=O)(=O)c1ccc(C)cc1)c1ccccc1. The van der Waals surface area contributed by atoms with Crippen molar-refractivity contribution in [3.8, 4) is 0 Å². The van der Waals surface area contributed by atoms with Crippen LogP contribution in [0.1, 0.15) is 12.5 Å². The van der Waals surface area contributed by atoms with E-state index in [-0.39, 0.29) is 22.2 Å². The monoisotopic (exact) mass is 407 g/mol. The van der Waals surface area contributed by atoms with E-state index < -0.39 is 25.7 Å². The van der Waals surface area contributed by atoms with Gasteiger partial charge in [-0.25, -0.2) is 9.00 Å². The van der Waals surface area contributed by atoms with E-state index in [1.165, 1.54) is 18.2 Å². The van der Waals surface area contributed by atoms with Crippen LogP contribution in [0.5, 0.6) is 0 Å². The number of carbonyl (C=O) groups is 1. The second-order valence-corrected chi connectivity index (χ2v) is 9.74. The van der Waals surface area contributed by atoms with Gasteiger partial charge in [0.2, 0.25) is 0 Å². The lowest BCUT2D eigenvalue weighted by Crippen LogP contribution is -2.10. The zero-order valence-corrected chi connectivity index (χ0v) is 16.7. The zero-order chi connectivity index (χ0) is 19.9. The maximum absolute atomic E-state index is 13.4. The van der Waals surface area contributed by atoms with Gasteiger partial charge in [0.15, 0.2) is 0 Å². The van der Waals surface area contributed by atoms with E-state index in [2.05, 4.69) is 3.77 Å². The Morgan fingerprint density at radius 3 is 2.22 bits per heavy atom. The Balaban J connectivity index is 2.49. The second kappa shape index (κ2) is 8.96. The Kier molecular flexibility index (Phi) is 6.92. The summed E-state index contributed by atoms with van der Waals surface area (Å²) in [5, 5.41) is 0. The molecule has 6 nitrogen and oxygen atoms in total. The van der Waals surface area contributed by atoms with E-state index in [1.54, 1.807) is 49.4 Å². The summed E-state index contributed by atoms with van der Waals surface area (Å²) in [6.07, 6.45) is 2.45. The summed E-state index contributed by atoms with van der Waals surface area (Å²) in [5.74, 6) is -0.824. The Bertz CT molecular complexity index is 1030. The number of esters is 1. The molecule has 0 spiro atoms. The van der Waals surface area contributed by atoms with Gasteiger partial charge in [0, 0.05) is 11.0 Å². The van der Waals surface area contributed by atoms with E-state index in [1.807, 2.05) is 6.92 Å². The molecule has 0 amide bonds. The fourth-order valence-electron chi connectivity index (χ4n) is 2.18. The summed E-state index contributed by atoms with van der Waals surface area (Å²) in [6, 6.07) is 14.3. The molecule has 1 unspecified atom stereocenters. The maximum Gasteiger partial charge on any atom is 0.330 e. The summed E-state index contributed by atoms with van der Waals surface area (Å²) >= 11 is 0. The van der Waals surface area contributed by atoms with E-state index in [9.17, 15) is 17.4 Å². The Labute approximate surface area is 160 Å². The van der Waals surface area contributed by atoms with Gasteiger partial charge in [-0.2, -0.15) is 8.42 Å². The summed E-state index contributed by atoms with van der Waals surface area (Å²) < 4.78 is 47.3. The molecule has 0 saturated carbocycles. The van der Waals surface area contributed by atoms with Gasteiger partial charge in [-0.05, 0) is 38.1 Å². The topological polar surface area (TPSA) is 89.9 Å². The minimum atomic E-state index is -4.14. The zero-order valence-electron chi connectivity index (χ0n) is 15.1. The van der Waals surface area contributed by atoms with Crippen LogP contribution in [-0.4, -0.2) is 31.0 Å². The molecular weight excluding hydrogens is 386 g/mol. The second-order valence-electron chi connectivity index (χ2n) is 5.64. The number of carbonyl (C=O) groups excluding carboxylic acids is 1. The largest absolute Gasteiger partial charge is 0.463 e. The molecule has 0 radical (unpaired) electrons. The predicted octanol–water partition coefficient (Wildman–Crippen LogP) is 3.33. The average Bonchev–Trinajstić information content (AvgIpc) is 2.62. The number of hydrogen-bond acceptors (Lipinski definition) is 5. The van der Waals surface area contributed by atoms with Crippen LogP contribution in [0.25, 0.3) is 0 Å². The minimum Gasteiger partial charge on any atom is -0.463 e. The first-order valence-electron chi connectivity index (χ1n) is 8.23. The first-order chi connectivity index (χ1) is 12.8. The van der Waals surface area contributed by atoms with Gasteiger partial charge in [0.25, 0.3) is 10.0 Å². The third-order valence-corrected chi connectivity index (χ3v) is 7.78. The highest BCUT2D eigenvalue weighted by atomic mass is 32.3. The van der Waals surface area contributed by atoms with Gasteiger partial charge in [0.1, 0.15) is 0 Å². The summed E-state index contributed by atoms with van der Waals surface area (Å²) in [4.78, 5) is 11.7. The lowest BCUT2D eigenvalue weighted by molar-refractivity contribution is -0.137. The lowest BCUT2D eigenvalue weighted by atomic mass is 10.2. The molecule has 8 heteroatoms. The quantitative estimate of drug-likeness (QED) is 0.519. The molecular formula is C19H21NO5S2. The van der Waals surface area contributed by atoms with E-state index >= 15 is 0 Å². The highest BCUT2D eigenvalue weighted by molar-refractivity contribution is 8.03. The molecule has 0 aliphatic rings. The molecule has 0 fully saturated rings. The molecule has 0 aromatic heterocycles. The van der Waals surface area contributed by atoms with Crippen LogP contribution in [0.3, 0.4) is 0 Å². The first kappa shape index (κ1) is 20.9. The molecule has 0 N–H and O–H groups in total. The van der Waals surface area contributed by atoms with Gasteiger partial charge in [-0.1, -0.05) is 42.0 Å². The number of nitrogens with zero attached hydrogens (tertiary/aromatic N) is 1. The molecule has 1 atom stereocenters. The van der Waals surface area contributed by atoms with Crippen molar-refractivity contribution in [2.75, 3.05) is 12.4 Å². The summed E-state index contributed by atoms with van der Waals surface area (Å²) in [5.41, 5.74) is 0.898. The van der Waals surface area contributed by atoms with Crippen molar-refractivity contribution < 1.29 is 22.2 Å². The number of benzene rings is 2. The van der Waals surface area contributed by atoms with Crippen LogP contribution in [0.2, 0.25) is 0 Å². The van der Waals surface area contributed by atoms with Crippen molar-refractivity contribution in [1.82, 2.24) is 0 Å². The number of hydrogen-bond donors (Lipinski definition) is 0. The molecule has 0 bridgehead atoms. The molecule has 0 saturated heterocycles. The first-order valence-corrected chi connectivity index (χ1v) is 11.4. The van der Waals surface area contributed by atoms with Crippen LogP contribution in [0.15, 0.2) is 80.3 Å². The van der Waals surface area contributed by atoms with Crippen molar-refractivity contribution in [3.63, 3.8) is 0 Å². The van der Waals surface area contributed by atoms with Crippen molar-refractivity contribution in [2.24, 2.45) is 3.77 Å². The third kappa shape index (κ3) is 5.77. The van der Waals surface area contributed by atoms with Gasteiger partial charge in [-0.15, -0.1) is 3.77 Å². The fraction of sp³-hybridized carbons (Fsp3) is 0.211. The van der Waals surface area contributed by atoms with Gasteiger partial charge >= 0.3 is 5.97 Å². The van der Waals surface area contributed by atoms with E-state index in [0.717, 1.165) is 11.6 Å². The van der Waals surface area contributed by atoms with Crippen molar-refractivity contribution in [1.29, 1.82) is 0 Å². The number of ether oxygens (including phenoxy) is 1. The van der Waals surface area contributed by atoms with Crippen LogP contribution in [-0.2, 0) is 29.3 Å². The van der Waals surface area contributed by atoms with Crippen molar-refractivity contribution in [2.45, 2.75) is 23.6 Å². The van der Waals surface area contributed by atoms with Crippen molar-refractivity contribution in [3.05, 3.63) is 72.3 Å². The lowest BCUT2D eigenvalue weighted by Gasteiger charge is -2.09. The standard InChI is InChI=1S/C19H21NO5S2/c1-3-25-19(21)10-7-15-26(22,17-8-5-4-6-9-17)20-27(23,24)18-13-11-16(2)12-14-18/h4-14H,3,15H2,1-2H3/b10-7+. The molecule has 2 aromatic rings. The molecule has 0 aliphatic carbocycles. The normalized spacial score (nSPS) is 13.9. The summed E-state index contributed by atoms with van der Waals surface area (Å²) in [7, 11) is -7.50. The van der Waals surface area contributed by atoms with Crippen LogP contribution >= 0.6 is 0 Å².